The van der Waals surface area contributed by atoms with E-state index in [2.05, 4.69) is 19.9 Å². The number of amides is 1. The summed E-state index contributed by atoms with van der Waals surface area (Å²) in [5.74, 6) is -0.800. The van der Waals surface area contributed by atoms with E-state index in [-0.39, 0.29) is 23.7 Å². The van der Waals surface area contributed by atoms with Crippen molar-refractivity contribution in [2.24, 2.45) is 5.73 Å². The molecule has 0 spiro atoms. The predicted octanol–water partition coefficient (Wildman–Crippen LogP) is 2.94. The molecule has 10 heteroatoms. The summed E-state index contributed by atoms with van der Waals surface area (Å²) in [4.78, 5) is 25.8. The van der Waals surface area contributed by atoms with Gasteiger partial charge in [0.05, 0.1) is 18.5 Å². The molecule has 0 atom stereocenters. The molecule has 3 heterocycles. The van der Waals surface area contributed by atoms with Crippen LogP contribution >= 0.6 is 0 Å². The topological polar surface area (TPSA) is 107 Å². The van der Waals surface area contributed by atoms with E-state index in [1.807, 2.05) is 0 Å². The van der Waals surface area contributed by atoms with Crippen molar-refractivity contribution < 1.29 is 22.7 Å². The van der Waals surface area contributed by atoms with Crippen molar-refractivity contribution in [3.63, 3.8) is 0 Å². The van der Waals surface area contributed by atoms with Crippen LogP contribution in [0.25, 0.3) is 28.5 Å². The number of hydrogen-bond acceptors (Lipinski definition) is 5. The molecule has 3 aromatic heterocycles. The number of halogens is 3. The molecule has 0 aromatic carbocycles. The molecule has 27 heavy (non-hydrogen) atoms. The van der Waals surface area contributed by atoms with Crippen LogP contribution in [0.5, 0.6) is 5.88 Å². The van der Waals surface area contributed by atoms with E-state index in [4.69, 9.17) is 10.5 Å². The first-order valence-corrected chi connectivity index (χ1v) is 7.82. The number of ether oxygens (including phenoxy) is 1. The molecular weight excluding hydrogens is 363 g/mol. The van der Waals surface area contributed by atoms with Crippen molar-refractivity contribution in [1.82, 2.24) is 19.9 Å². The molecule has 3 N–H and O–H groups in total. The van der Waals surface area contributed by atoms with E-state index >= 15 is 0 Å². The summed E-state index contributed by atoms with van der Waals surface area (Å²) in [7, 11) is 0. The molecule has 1 amide bonds. The quantitative estimate of drug-likeness (QED) is 0.665. The molecule has 0 aliphatic rings. The van der Waals surface area contributed by atoms with Gasteiger partial charge in [0.15, 0.2) is 5.65 Å². The Morgan fingerprint density at radius 1 is 1.33 bits per heavy atom. The minimum atomic E-state index is -4.64. The molecule has 0 fully saturated rings. The van der Waals surface area contributed by atoms with Crippen LogP contribution in [-0.2, 0) is 11.0 Å². The number of aromatic amines is 1. The summed E-state index contributed by atoms with van der Waals surface area (Å²) in [6, 6.07) is 2.24. The minimum absolute atomic E-state index is 0.154. The van der Waals surface area contributed by atoms with E-state index in [1.54, 1.807) is 13.1 Å². The summed E-state index contributed by atoms with van der Waals surface area (Å²) in [6.45, 7) is 1.81. The molecule has 0 saturated carbocycles. The maximum atomic E-state index is 13.1. The molecule has 0 aliphatic carbocycles. The lowest BCUT2D eigenvalue weighted by atomic mass is 10.1. The number of nitrogens with one attached hydrogen (secondary N) is 1. The van der Waals surface area contributed by atoms with Crippen molar-refractivity contribution in [2.45, 2.75) is 13.1 Å². The highest BCUT2D eigenvalue weighted by Crippen LogP contribution is 2.33. The Balaban J connectivity index is 2.12. The Morgan fingerprint density at radius 2 is 2.11 bits per heavy atom. The fraction of sp³-hybridized carbons (Fsp3) is 0.176. The molecule has 0 saturated heterocycles. The van der Waals surface area contributed by atoms with Gasteiger partial charge in [-0.3, -0.25) is 4.79 Å². The fourth-order valence-electron chi connectivity index (χ4n) is 2.37. The van der Waals surface area contributed by atoms with E-state index < -0.39 is 17.8 Å². The highest BCUT2D eigenvalue weighted by molar-refractivity contribution is 5.93. The van der Waals surface area contributed by atoms with Gasteiger partial charge in [-0.2, -0.15) is 13.2 Å². The van der Waals surface area contributed by atoms with E-state index in [1.165, 1.54) is 18.3 Å². The SMILES string of the molecule is CCOc1cc(-c2cnc3[nH]cc(C=CC(N)=O)c3n2)cc(C(F)(F)F)n1. The highest BCUT2D eigenvalue weighted by atomic mass is 19.4. The third kappa shape index (κ3) is 4.05. The molecule has 0 radical (unpaired) electrons. The Bertz CT molecular complexity index is 1030. The zero-order chi connectivity index (χ0) is 19.6. The number of nitrogens with zero attached hydrogens (tertiary/aromatic N) is 3. The van der Waals surface area contributed by atoms with Crippen LogP contribution in [0.3, 0.4) is 0 Å². The van der Waals surface area contributed by atoms with Crippen LogP contribution in [-0.4, -0.2) is 32.4 Å². The Kier molecular flexibility index (Phi) is 4.80. The van der Waals surface area contributed by atoms with Gasteiger partial charge in [-0.05, 0) is 19.1 Å². The summed E-state index contributed by atoms with van der Waals surface area (Å²) in [6.07, 6.45) is 0.860. The van der Waals surface area contributed by atoms with Crippen LogP contribution in [0.4, 0.5) is 13.2 Å². The number of carbonyl (C=O) groups excluding carboxylic acids is 1. The molecule has 0 aliphatic heterocycles. The number of hydrogen-bond donors (Lipinski definition) is 2. The van der Waals surface area contributed by atoms with Crippen LogP contribution in [0.2, 0.25) is 0 Å². The van der Waals surface area contributed by atoms with Gasteiger partial charge in [-0.25, -0.2) is 15.0 Å². The fourth-order valence-corrected chi connectivity index (χ4v) is 2.37. The van der Waals surface area contributed by atoms with Gasteiger partial charge >= 0.3 is 6.18 Å². The van der Waals surface area contributed by atoms with Crippen LogP contribution in [0.15, 0.2) is 30.6 Å². The maximum Gasteiger partial charge on any atom is 0.433 e. The zero-order valence-electron chi connectivity index (χ0n) is 14.0. The van der Waals surface area contributed by atoms with Gasteiger partial charge in [0.25, 0.3) is 0 Å². The largest absolute Gasteiger partial charge is 0.478 e. The average Bonchev–Trinajstić information content (AvgIpc) is 3.01. The number of pyridine rings is 1. The average molecular weight is 377 g/mol. The maximum absolute atomic E-state index is 13.1. The van der Waals surface area contributed by atoms with Crippen molar-refractivity contribution in [3.8, 4) is 17.1 Å². The number of fused-ring (bicyclic) bond motifs is 1. The number of rotatable bonds is 5. The van der Waals surface area contributed by atoms with Gasteiger partial charge in [-0.15, -0.1) is 0 Å². The second-order valence-corrected chi connectivity index (χ2v) is 5.44. The van der Waals surface area contributed by atoms with E-state index in [9.17, 15) is 18.0 Å². The lowest BCUT2D eigenvalue weighted by Crippen LogP contribution is -2.09. The first kappa shape index (κ1) is 18.4. The first-order chi connectivity index (χ1) is 12.8. The van der Waals surface area contributed by atoms with Gasteiger partial charge in [0.1, 0.15) is 11.2 Å². The Morgan fingerprint density at radius 3 is 2.78 bits per heavy atom. The van der Waals surface area contributed by atoms with Gasteiger partial charge in [-0.1, -0.05) is 0 Å². The molecule has 3 aromatic rings. The highest BCUT2D eigenvalue weighted by Gasteiger charge is 2.33. The predicted molar refractivity (Wildman–Crippen MR) is 91.5 cm³/mol. The second kappa shape index (κ2) is 7.06. The minimum Gasteiger partial charge on any atom is -0.478 e. The number of primary amides is 1. The first-order valence-electron chi connectivity index (χ1n) is 7.82. The third-order valence-corrected chi connectivity index (χ3v) is 3.52. The number of H-pyrrole nitrogens is 1. The van der Waals surface area contributed by atoms with E-state index in [0.29, 0.717) is 16.7 Å². The van der Waals surface area contributed by atoms with Gasteiger partial charge in [0, 0.05) is 29.5 Å². The number of aromatic nitrogens is 4. The summed E-state index contributed by atoms with van der Waals surface area (Å²) >= 11 is 0. The number of nitrogens with two attached hydrogens (primary N) is 1. The van der Waals surface area contributed by atoms with Crippen LogP contribution in [0.1, 0.15) is 18.2 Å². The monoisotopic (exact) mass is 377 g/mol. The second-order valence-electron chi connectivity index (χ2n) is 5.44. The standard InChI is InChI=1S/C17H14F3N5O2/c1-2-27-14-6-10(5-12(25-14)17(18,19)20)11-8-23-16-15(24-11)9(7-22-16)3-4-13(21)26/h3-8H,2H2,1H3,(H2,21,26)(H,22,23). The molecular formula is C17H14F3N5O2. The summed E-state index contributed by atoms with van der Waals surface area (Å²) in [5, 5.41) is 0. The van der Waals surface area contributed by atoms with Crippen molar-refractivity contribution in [1.29, 1.82) is 0 Å². The van der Waals surface area contributed by atoms with Crippen molar-refractivity contribution in [3.05, 3.63) is 41.9 Å². The lowest BCUT2D eigenvalue weighted by molar-refractivity contribution is -0.141. The number of alkyl halides is 3. The van der Waals surface area contributed by atoms with E-state index in [0.717, 1.165) is 12.1 Å². The van der Waals surface area contributed by atoms with Crippen LogP contribution < -0.4 is 10.5 Å². The van der Waals surface area contributed by atoms with Gasteiger partial charge in [0.2, 0.25) is 11.8 Å². The summed E-state index contributed by atoms with van der Waals surface area (Å²) in [5.41, 5.74) is 5.66. The Hall–Kier alpha value is -3.43. The van der Waals surface area contributed by atoms with Crippen molar-refractivity contribution in [2.75, 3.05) is 6.61 Å². The number of carbonyl (C=O) groups is 1. The van der Waals surface area contributed by atoms with Crippen LogP contribution in [0, 0.1) is 0 Å². The molecule has 7 nitrogen and oxygen atoms in total. The zero-order valence-corrected chi connectivity index (χ0v) is 14.0. The molecule has 140 valence electrons. The molecule has 0 unspecified atom stereocenters. The normalized spacial score (nSPS) is 12.0. The molecule has 0 bridgehead atoms. The smallest absolute Gasteiger partial charge is 0.433 e. The van der Waals surface area contributed by atoms with Gasteiger partial charge < -0.3 is 15.5 Å². The molecule has 3 rings (SSSR count). The Labute approximate surface area is 151 Å². The third-order valence-electron chi connectivity index (χ3n) is 3.52. The van der Waals surface area contributed by atoms with Crippen molar-refractivity contribution >= 4 is 23.1 Å². The summed E-state index contributed by atoms with van der Waals surface area (Å²) < 4.78 is 44.5. The lowest BCUT2D eigenvalue weighted by Gasteiger charge is -2.11.